The highest BCUT2D eigenvalue weighted by atomic mass is 32.1. The van der Waals surface area contributed by atoms with E-state index in [4.69, 9.17) is 14.7 Å². The van der Waals surface area contributed by atoms with Crippen molar-refractivity contribution in [1.29, 1.82) is 0 Å². The maximum Gasteiger partial charge on any atom is 0.236 e. The molecule has 0 N–H and O–H groups in total. The normalized spacial score (nSPS) is 20.6. The standard InChI is InChI=1S/C24H35N5O2S/c1-17(2)22-25-23(21-18-6-4-3-5-7-19(18)32-24(21)26-22)29-10-8-27(9-11-29)16-20(30)28-12-14-31-15-13-28/h17H,3-16H2,1-2H3. The zero-order valence-electron chi connectivity index (χ0n) is 19.4. The van der Waals surface area contributed by atoms with Gasteiger partial charge in [-0.2, -0.15) is 0 Å². The van der Waals surface area contributed by atoms with Gasteiger partial charge in [0.2, 0.25) is 5.91 Å². The van der Waals surface area contributed by atoms with Crippen LogP contribution in [0.5, 0.6) is 0 Å². The molecule has 0 bridgehead atoms. The van der Waals surface area contributed by atoms with E-state index in [0.29, 0.717) is 25.7 Å². The fourth-order valence-corrected chi connectivity index (χ4v) is 6.30. The number of rotatable bonds is 4. The van der Waals surface area contributed by atoms with Gasteiger partial charge in [0, 0.05) is 50.1 Å². The number of anilines is 1. The molecule has 7 nitrogen and oxygen atoms in total. The van der Waals surface area contributed by atoms with Crippen molar-refractivity contribution in [2.24, 2.45) is 0 Å². The summed E-state index contributed by atoms with van der Waals surface area (Å²) in [7, 11) is 0. The lowest BCUT2D eigenvalue weighted by atomic mass is 10.1. The van der Waals surface area contributed by atoms with E-state index >= 15 is 0 Å². The Hall–Kier alpha value is -1.77. The number of amides is 1. The Balaban J connectivity index is 1.35. The summed E-state index contributed by atoms with van der Waals surface area (Å²) >= 11 is 1.90. The lowest BCUT2D eigenvalue weighted by molar-refractivity contribution is -0.136. The lowest BCUT2D eigenvalue weighted by Gasteiger charge is -2.37. The van der Waals surface area contributed by atoms with Crippen molar-refractivity contribution >= 4 is 33.3 Å². The molecule has 2 saturated heterocycles. The van der Waals surface area contributed by atoms with Crippen molar-refractivity contribution in [3.05, 3.63) is 16.3 Å². The number of hydrogen-bond acceptors (Lipinski definition) is 7. The van der Waals surface area contributed by atoms with Crippen molar-refractivity contribution in [1.82, 2.24) is 19.8 Å². The van der Waals surface area contributed by atoms with E-state index in [-0.39, 0.29) is 5.91 Å². The molecule has 2 aromatic heterocycles. The molecule has 0 atom stereocenters. The largest absolute Gasteiger partial charge is 0.378 e. The number of nitrogens with zero attached hydrogens (tertiary/aromatic N) is 5. The van der Waals surface area contributed by atoms with E-state index in [9.17, 15) is 4.79 Å². The van der Waals surface area contributed by atoms with Gasteiger partial charge in [0.1, 0.15) is 16.5 Å². The molecule has 0 aromatic carbocycles. The minimum atomic E-state index is 0.233. The Labute approximate surface area is 194 Å². The van der Waals surface area contributed by atoms with Crippen LogP contribution in [0, 0.1) is 0 Å². The van der Waals surface area contributed by atoms with Gasteiger partial charge >= 0.3 is 0 Å². The second-order valence-corrected chi connectivity index (χ2v) is 10.6. The number of piperazine rings is 1. The molecular weight excluding hydrogens is 422 g/mol. The molecule has 174 valence electrons. The number of hydrogen-bond donors (Lipinski definition) is 0. The zero-order valence-corrected chi connectivity index (χ0v) is 20.3. The highest BCUT2D eigenvalue weighted by Gasteiger charge is 2.27. The minimum Gasteiger partial charge on any atom is -0.378 e. The second-order valence-electron chi connectivity index (χ2n) is 9.56. The first-order valence-electron chi connectivity index (χ1n) is 12.2. The number of thiophene rings is 1. The monoisotopic (exact) mass is 457 g/mol. The predicted octanol–water partition coefficient (Wildman–Crippen LogP) is 3.06. The summed E-state index contributed by atoms with van der Waals surface area (Å²) < 4.78 is 5.38. The average Bonchev–Trinajstić information content (AvgIpc) is 3.00. The van der Waals surface area contributed by atoms with E-state index in [2.05, 4.69) is 23.6 Å². The van der Waals surface area contributed by atoms with Crippen LogP contribution in [-0.2, 0) is 22.4 Å². The van der Waals surface area contributed by atoms with Crippen LogP contribution in [0.4, 0.5) is 5.82 Å². The van der Waals surface area contributed by atoms with Gasteiger partial charge in [0.15, 0.2) is 0 Å². The van der Waals surface area contributed by atoms with E-state index in [1.54, 1.807) is 0 Å². The molecule has 4 heterocycles. The van der Waals surface area contributed by atoms with E-state index < -0.39 is 0 Å². The van der Waals surface area contributed by atoms with Gasteiger partial charge < -0.3 is 14.5 Å². The fourth-order valence-electron chi connectivity index (χ4n) is 5.04. The predicted molar refractivity (Wildman–Crippen MR) is 129 cm³/mol. The molecule has 1 amide bonds. The average molecular weight is 458 g/mol. The Morgan fingerprint density at radius 1 is 1.00 bits per heavy atom. The van der Waals surface area contributed by atoms with Crippen molar-refractivity contribution in [2.75, 3.05) is 63.9 Å². The maximum absolute atomic E-state index is 12.7. The van der Waals surface area contributed by atoms with Gasteiger partial charge in [-0.1, -0.05) is 20.3 Å². The van der Waals surface area contributed by atoms with E-state index in [1.165, 1.54) is 46.3 Å². The van der Waals surface area contributed by atoms with Gasteiger partial charge in [-0.25, -0.2) is 9.97 Å². The molecule has 32 heavy (non-hydrogen) atoms. The van der Waals surface area contributed by atoms with Crippen LogP contribution in [0.1, 0.15) is 55.3 Å². The summed E-state index contributed by atoms with van der Waals surface area (Å²) in [5.74, 6) is 2.63. The quantitative estimate of drug-likeness (QED) is 0.658. The summed E-state index contributed by atoms with van der Waals surface area (Å²) in [6.07, 6.45) is 6.21. The number of fused-ring (bicyclic) bond motifs is 3. The molecular formula is C24H35N5O2S. The number of aryl methyl sites for hydroxylation is 2. The molecule has 0 radical (unpaired) electrons. The van der Waals surface area contributed by atoms with Crippen LogP contribution in [0.15, 0.2) is 0 Å². The third-order valence-electron chi connectivity index (χ3n) is 6.97. The third-order valence-corrected chi connectivity index (χ3v) is 8.16. The SMILES string of the molecule is CC(C)c1nc(N2CCN(CC(=O)N3CCOCC3)CC2)c2c3c(sc2n1)CCCCC3. The molecule has 0 unspecified atom stereocenters. The highest BCUT2D eigenvalue weighted by molar-refractivity contribution is 7.19. The Kier molecular flexibility index (Phi) is 6.62. The number of carbonyl (C=O) groups is 1. The van der Waals surface area contributed by atoms with Crippen LogP contribution < -0.4 is 4.90 Å². The molecule has 5 rings (SSSR count). The second kappa shape index (κ2) is 9.61. The maximum atomic E-state index is 12.7. The van der Waals surface area contributed by atoms with Crippen LogP contribution >= 0.6 is 11.3 Å². The summed E-state index contributed by atoms with van der Waals surface area (Å²) in [6.45, 7) is 11.2. The highest BCUT2D eigenvalue weighted by Crippen LogP contribution is 2.40. The Bertz CT molecular complexity index is 961. The smallest absolute Gasteiger partial charge is 0.236 e. The number of morpholine rings is 1. The molecule has 3 aliphatic rings. The van der Waals surface area contributed by atoms with Gasteiger partial charge in [-0.3, -0.25) is 9.69 Å². The first kappa shape index (κ1) is 22.0. The fraction of sp³-hybridized carbons (Fsp3) is 0.708. The molecule has 0 spiro atoms. The number of aromatic nitrogens is 2. The van der Waals surface area contributed by atoms with Crippen molar-refractivity contribution in [2.45, 2.75) is 51.9 Å². The van der Waals surface area contributed by atoms with Gasteiger partial charge in [0.05, 0.1) is 25.1 Å². The van der Waals surface area contributed by atoms with Gasteiger partial charge in [0.25, 0.3) is 0 Å². The summed E-state index contributed by atoms with van der Waals surface area (Å²) in [5.41, 5.74) is 1.51. The van der Waals surface area contributed by atoms with Crippen molar-refractivity contribution < 1.29 is 9.53 Å². The zero-order chi connectivity index (χ0) is 22.1. The van der Waals surface area contributed by atoms with E-state index in [0.717, 1.165) is 57.3 Å². The topological polar surface area (TPSA) is 61.8 Å². The molecule has 2 aromatic rings. The molecule has 2 aliphatic heterocycles. The molecule has 2 fully saturated rings. The minimum absolute atomic E-state index is 0.233. The summed E-state index contributed by atoms with van der Waals surface area (Å²) in [4.78, 5) is 32.2. The Morgan fingerprint density at radius 3 is 2.50 bits per heavy atom. The number of ether oxygens (including phenoxy) is 1. The van der Waals surface area contributed by atoms with Gasteiger partial charge in [-0.05, 0) is 31.2 Å². The van der Waals surface area contributed by atoms with Crippen LogP contribution in [0.25, 0.3) is 10.2 Å². The summed E-state index contributed by atoms with van der Waals surface area (Å²) in [5, 5.41) is 1.31. The van der Waals surface area contributed by atoms with Crippen LogP contribution in [0.2, 0.25) is 0 Å². The molecule has 1 aliphatic carbocycles. The van der Waals surface area contributed by atoms with E-state index in [1.807, 2.05) is 16.2 Å². The van der Waals surface area contributed by atoms with Crippen LogP contribution in [0.3, 0.4) is 0 Å². The van der Waals surface area contributed by atoms with Crippen molar-refractivity contribution in [3.8, 4) is 0 Å². The first-order valence-corrected chi connectivity index (χ1v) is 13.1. The Morgan fingerprint density at radius 2 is 1.75 bits per heavy atom. The van der Waals surface area contributed by atoms with Crippen molar-refractivity contribution in [3.63, 3.8) is 0 Å². The lowest BCUT2D eigenvalue weighted by Crippen LogP contribution is -2.51. The third kappa shape index (κ3) is 4.50. The summed E-state index contributed by atoms with van der Waals surface area (Å²) in [6, 6.07) is 0. The molecule has 8 heteroatoms. The first-order chi connectivity index (χ1) is 15.6. The molecule has 0 saturated carbocycles. The van der Waals surface area contributed by atoms with Gasteiger partial charge in [-0.15, -0.1) is 11.3 Å². The number of carbonyl (C=O) groups excluding carboxylic acids is 1. The van der Waals surface area contributed by atoms with Crippen LogP contribution in [-0.4, -0.2) is 84.7 Å².